The van der Waals surface area contributed by atoms with Gasteiger partial charge in [-0.05, 0) is 6.42 Å². The smallest absolute Gasteiger partial charge is 0.326 e. The van der Waals surface area contributed by atoms with E-state index < -0.39 is 35.6 Å². The summed E-state index contributed by atoms with van der Waals surface area (Å²) in [6.45, 7) is 1.17. The van der Waals surface area contributed by atoms with Gasteiger partial charge in [-0.25, -0.2) is 9.48 Å². The normalized spacial score (nSPS) is 11.8. The van der Waals surface area contributed by atoms with Crippen LogP contribution in [-0.4, -0.2) is 32.8 Å². The summed E-state index contributed by atoms with van der Waals surface area (Å²) in [4.78, 5) is 44.5. The van der Waals surface area contributed by atoms with Crippen LogP contribution in [0.4, 0.5) is 0 Å². The Morgan fingerprint density at radius 3 is 2.67 bits per heavy atom. The fourth-order valence-electron chi connectivity index (χ4n) is 1.30. The molecule has 0 unspecified atom stereocenters. The van der Waals surface area contributed by atoms with E-state index in [1.807, 2.05) is 0 Å². The van der Waals surface area contributed by atoms with E-state index in [0.29, 0.717) is 0 Å². The highest BCUT2D eigenvalue weighted by Gasteiger charge is 2.17. The predicted molar refractivity (Wildman–Crippen MR) is 61.2 cm³/mol. The first-order valence-corrected chi connectivity index (χ1v) is 5.26. The molecule has 1 atom stereocenters. The molecule has 3 N–H and O–H groups in total. The maximum Gasteiger partial charge on any atom is 0.326 e. The highest BCUT2D eigenvalue weighted by molar-refractivity contribution is 5.83. The molecule has 0 aliphatic heterocycles. The van der Waals surface area contributed by atoms with Crippen LogP contribution < -0.4 is 16.4 Å². The molecule has 8 heteroatoms. The fourth-order valence-corrected chi connectivity index (χ4v) is 1.30. The number of carbonyl (C=O) groups is 2. The van der Waals surface area contributed by atoms with Gasteiger partial charge in [0, 0.05) is 12.1 Å². The van der Waals surface area contributed by atoms with E-state index in [1.54, 1.807) is 6.92 Å². The lowest BCUT2D eigenvalue weighted by atomic mass is 10.2. The number of hydrogen-bond donors (Lipinski definition) is 3. The summed E-state index contributed by atoms with van der Waals surface area (Å²) in [7, 11) is 0. The monoisotopic (exact) mass is 255 g/mol. The highest BCUT2D eigenvalue weighted by Crippen LogP contribution is 1.90. The first-order valence-electron chi connectivity index (χ1n) is 5.26. The van der Waals surface area contributed by atoms with Crippen molar-refractivity contribution in [2.75, 3.05) is 0 Å². The Labute approximate surface area is 101 Å². The van der Waals surface area contributed by atoms with Gasteiger partial charge in [-0.1, -0.05) is 6.92 Å². The predicted octanol–water partition coefficient (Wildman–Crippen LogP) is -1.48. The summed E-state index contributed by atoms with van der Waals surface area (Å²) in [5.74, 6) is -1.81. The van der Waals surface area contributed by atoms with Gasteiger partial charge >= 0.3 is 5.97 Å². The van der Waals surface area contributed by atoms with E-state index in [9.17, 15) is 19.2 Å². The number of hydrogen-bond acceptors (Lipinski definition) is 4. The number of nitrogens with zero attached hydrogens (tertiary/aromatic N) is 1. The number of amides is 1. The zero-order chi connectivity index (χ0) is 13.7. The Morgan fingerprint density at radius 2 is 2.11 bits per heavy atom. The van der Waals surface area contributed by atoms with Crippen molar-refractivity contribution < 1.29 is 14.7 Å². The van der Waals surface area contributed by atoms with Crippen molar-refractivity contribution >= 4 is 11.9 Å². The summed E-state index contributed by atoms with van der Waals surface area (Å²) in [6.07, 6.45) is 0.223. The number of carboxylic acids is 1. The average molecular weight is 255 g/mol. The number of nitrogens with one attached hydrogen (secondary N) is 2. The van der Waals surface area contributed by atoms with E-state index in [0.717, 1.165) is 16.8 Å². The molecule has 98 valence electrons. The third-order valence-electron chi connectivity index (χ3n) is 2.23. The van der Waals surface area contributed by atoms with Crippen LogP contribution >= 0.6 is 0 Å². The third kappa shape index (κ3) is 3.58. The second-order valence-corrected chi connectivity index (χ2v) is 3.60. The molecule has 0 aliphatic carbocycles. The Hall–Kier alpha value is -2.38. The number of rotatable bonds is 5. The van der Waals surface area contributed by atoms with Crippen LogP contribution in [0.25, 0.3) is 0 Å². The largest absolute Gasteiger partial charge is 0.480 e. The van der Waals surface area contributed by atoms with Crippen molar-refractivity contribution in [3.63, 3.8) is 0 Å². The number of carboxylic acid groups (broad SMARTS) is 1. The van der Waals surface area contributed by atoms with E-state index in [4.69, 9.17) is 5.11 Å². The summed E-state index contributed by atoms with van der Waals surface area (Å²) >= 11 is 0. The lowest BCUT2D eigenvalue weighted by molar-refractivity contribution is -0.142. The van der Waals surface area contributed by atoms with Gasteiger partial charge in [0.05, 0.1) is 0 Å². The molecule has 0 saturated heterocycles. The minimum absolute atomic E-state index is 0.223. The Morgan fingerprint density at radius 1 is 1.44 bits per heavy atom. The molecule has 0 spiro atoms. The minimum atomic E-state index is -1.15. The molecule has 1 aromatic heterocycles. The summed E-state index contributed by atoms with van der Waals surface area (Å²) in [5.41, 5.74) is -1.07. The van der Waals surface area contributed by atoms with Gasteiger partial charge in [0.2, 0.25) is 5.91 Å². The number of carbonyl (C=O) groups excluding carboxylic acids is 1. The zero-order valence-corrected chi connectivity index (χ0v) is 9.67. The Bertz CT molecular complexity index is 559. The maximum atomic E-state index is 11.5. The van der Waals surface area contributed by atoms with Gasteiger partial charge in [-0.2, -0.15) is 0 Å². The van der Waals surface area contributed by atoms with Crippen molar-refractivity contribution in [1.82, 2.24) is 15.1 Å². The molecule has 0 radical (unpaired) electrons. The molecular weight excluding hydrogens is 242 g/mol. The number of H-pyrrole nitrogens is 1. The maximum absolute atomic E-state index is 11.5. The SMILES string of the molecule is CC[C@H](NC(=O)Cn1[nH]c(=O)ccc1=O)C(=O)O. The number of aromatic amines is 1. The van der Waals surface area contributed by atoms with Crippen LogP contribution in [0.5, 0.6) is 0 Å². The van der Waals surface area contributed by atoms with Crippen molar-refractivity contribution in [3.8, 4) is 0 Å². The van der Waals surface area contributed by atoms with Crippen molar-refractivity contribution in [1.29, 1.82) is 0 Å². The van der Waals surface area contributed by atoms with Crippen molar-refractivity contribution in [3.05, 3.63) is 32.8 Å². The quantitative estimate of drug-likeness (QED) is 0.592. The molecule has 18 heavy (non-hydrogen) atoms. The molecule has 1 rings (SSSR count). The number of aliphatic carboxylic acids is 1. The van der Waals surface area contributed by atoms with Gasteiger partial charge in [0.15, 0.2) is 0 Å². The number of aromatic nitrogens is 2. The van der Waals surface area contributed by atoms with Crippen LogP contribution in [0.15, 0.2) is 21.7 Å². The topological polar surface area (TPSA) is 121 Å². The summed E-state index contributed by atoms with van der Waals surface area (Å²) < 4.78 is 0.812. The molecule has 1 aromatic rings. The van der Waals surface area contributed by atoms with Crippen LogP contribution in [0.1, 0.15) is 13.3 Å². The molecule has 0 bridgehead atoms. The van der Waals surface area contributed by atoms with Crippen LogP contribution in [0.3, 0.4) is 0 Å². The van der Waals surface area contributed by atoms with Crippen LogP contribution in [0, 0.1) is 0 Å². The van der Waals surface area contributed by atoms with Gasteiger partial charge < -0.3 is 10.4 Å². The van der Waals surface area contributed by atoms with E-state index in [-0.39, 0.29) is 6.42 Å². The fraction of sp³-hybridized carbons (Fsp3) is 0.400. The standard InChI is InChI=1S/C10H13N3O5/c1-2-6(10(17)18)11-8(15)5-13-9(16)4-3-7(14)12-13/h3-4,6H,2,5H2,1H3,(H,11,15)(H,12,14)(H,17,18)/t6-/m0/s1. The van der Waals surface area contributed by atoms with Crippen LogP contribution in [0.2, 0.25) is 0 Å². The van der Waals surface area contributed by atoms with Gasteiger partial charge in [-0.3, -0.25) is 19.5 Å². The molecule has 1 heterocycles. The van der Waals surface area contributed by atoms with E-state index in [1.165, 1.54) is 0 Å². The van der Waals surface area contributed by atoms with Gasteiger partial charge in [-0.15, -0.1) is 0 Å². The molecule has 0 fully saturated rings. The second-order valence-electron chi connectivity index (χ2n) is 3.60. The second kappa shape index (κ2) is 5.80. The lowest BCUT2D eigenvalue weighted by Gasteiger charge is -2.12. The average Bonchev–Trinajstić information content (AvgIpc) is 2.30. The Balaban J connectivity index is 2.76. The molecule has 8 nitrogen and oxygen atoms in total. The van der Waals surface area contributed by atoms with Crippen LogP contribution in [-0.2, 0) is 16.1 Å². The lowest BCUT2D eigenvalue weighted by Crippen LogP contribution is -2.43. The molecule has 0 saturated carbocycles. The highest BCUT2D eigenvalue weighted by atomic mass is 16.4. The first kappa shape index (κ1) is 13.7. The zero-order valence-electron chi connectivity index (χ0n) is 9.67. The summed E-state index contributed by atoms with van der Waals surface area (Å²) in [6, 6.07) is 1.06. The van der Waals surface area contributed by atoms with Crippen molar-refractivity contribution in [2.45, 2.75) is 25.9 Å². The minimum Gasteiger partial charge on any atom is -0.480 e. The van der Waals surface area contributed by atoms with E-state index >= 15 is 0 Å². The third-order valence-corrected chi connectivity index (χ3v) is 2.23. The summed E-state index contributed by atoms with van der Waals surface area (Å²) in [5, 5.41) is 13.2. The Kier molecular flexibility index (Phi) is 4.41. The van der Waals surface area contributed by atoms with Gasteiger partial charge in [0.1, 0.15) is 12.6 Å². The molecular formula is C10H13N3O5. The van der Waals surface area contributed by atoms with E-state index in [2.05, 4.69) is 10.4 Å². The molecule has 0 aromatic carbocycles. The molecule has 0 aliphatic rings. The van der Waals surface area contributed by atoms with Gasteiger partial charge in [0.25, 0.3) is 11.1 Å². The molecule has 1 amide bonds. The van der Waals surface area contributed by atoms with Crippen molar-refractivity contribution in [2.24, 2.45) is 0 Å². The first-order chi connectivity index (χ1) is 8.43.